The highest BCUT2D eigenvalue weighted by Gasteiger charge is 2.26. The number of carbonyl (C=O) groups is 3. The summed E-state index contributed by atoms with van der Waals surface area (Å²) in [6.07, 6.45) is 3.08. The molecule has 0 bridgehead atoms. The number of amides is 3. The molecule has 168 valence electrons. The van der Waals surface area contributed by atoms with Gasteiger partial charge in [0.25, 0.3) is 5.91 Å². The average molecular weight is 463 g/mol. The molecule has 11 heteroatoms. The van der Waals surface area contributed by atoms with Gasteiger partial charge in [0.2, 0.25) is 0 Å². The summed E-state index contributed by atoms with van der Waals surface area (Å²) in [6.45, 7) is -0.328. The van der Waals surface area contributed by atoms with Gasteiger partial charge in [-0.2, -0.15) is 5.10 Å². The average Bonchev–Trinajstić information content (AvgIpc) is 3.59. The van der Waals surface area contributed by atoms with E-state index in [0.717, 1.165) is 18.9 Å². The standard InChI is InChI=1S/C21H20ClFN4O5/c1-31-18-8-12(10-24-27-21(30)20(29)26-13-3-4-13)2-7-17(18)32-11-19(28)25-14-5-6-16(23)15(22)9-14/h2,5-10,13H,3-4,11H2,1H3,(H,25,28)(H,26,29)(H,27,30)/b24-10-. The first-order chi connectivity index (χ1) is 15.4. The molecule has 1 aliphatic rings. The second kappa shape index (κ2) is 10.6. The normalized spacial score (nSPS) is 12.8. The highest BCUT2D eigenvalue weighted by atomic mass is 35.5. The minimum absolute atomic E-state index is 0.0737. The first-order valence-electron chi connectivity index (χ1n) is 9.55. The monoisotopic (exact) mass is 462 g/mol. The maximum Gasteiger partial charge on any atom is 0.329 e. The van der Waals surface area contributed by atoms with E-state index in [1.807, 2.05) is 0 Å². The van der Waals surface area contributed by atoms with Gasteiger partial charge in [0.15, 0.2) is 18.1 Å². The summed E-state index contributed by atoms with van der Waals surface area (Å²) in [7, 11) is 1.42. The Morgan fingerprint density at radius 2 is 1.94 bits per heavy atom. The summed E-state index contributed by atoms with van der Waals surface area (Å²) in [5, 5.41) is 8.73. The molecule has 0 spiro atoms. The van der Waals surface area contributed by atoms with E-state index in [-0.39, 0.29) is 17.7 Å². The number of hydrogen-bond acceptors (Lipinski definition) is 6. The third-order valence-electron chi connectivity index (χ3n) is 4.25. The van der Waals surface area contributed by atoms with E-state index in [0.29, 0.717) is 22.7 Å². The second-order valence-electron chi connectivity index (χ2n) is 6.82. The molecular weight excluding hydrogens is 443 g/mol. The zero-order valence-electron chi connectivity index (χ0n) is 17.0. The van der Waals surface area contributed by atoms with E-state index in [2.05, 4.69) is 21.2 Å². The molecule has 2 aromatic carbocycles. The summed E-state index contributed by atoms with van der Waals surface area (Å²) in [4.78, 5) is 35.3. The van der Waals surface area contributed by atoms with Crippen molar-refractivity contribution in [2.45, 2.75) is 18.9 Å². The number of halogens is 2. The SMILES string of the molecule is COc1cc(/C=N\NC(=O)C(=O)NC2CC2)ccc1OCC(=O)Nc1ccc(F)c(Cl)c1. The van der Waals surface area contributed by atoms with Crippen molar-refractivity contribution in [3.63, 3.8) is 0 Å². The number of anilines is 1. The molecule has 0 saturated heterocycles. The Morgan fingerprint density at radius 1 is 1.16 bits per heavy atom. The summed E-state index contributed by atoms with van der Waals surface area (Å²) in [6, 6.07) is 8.64. The van der Waals surface area contributed by atoms with Crippen LogP contribution in [0.25, 0.3) is 0 Å². The molecule has 3 rings (SSSR count). The summed E-state index contributed by atoms with van der Waals surface area (Å²) >= 11 is 5.69. The van der Waals surface area contributed by atoms with Gasteiger partial charge in [0.1, 0.15) is 5.82 Å². The highest BCUT2D eigenvalue weighted by Crippen LogP contribution is 2.27. The number of hydrazone groups is 1. The maximum atomic E-state index is 13.2. The van der Waals surface area contributed by atoms with Gasteiger partial charge in [-0.25, -0.2) is 9.82 Å². The molecule has 9 nitrogen and oxygen atoms in total. The number of nitrogens with one attached hydrogen (secondary N) is 3. The van der Waals surface area contributed by atoms with E-state index in [1.54, 1.807) is 18.2 Å². The van der Waals surface area contributed by atoms with Crippen molar-refractivity contribution in [3.05, 3.63) is 52.8 Å². The molecule has 0 unspecified atom stereocenters. The summed E-state index contributed by atoms with van der Waals surface area (Å²) in [5.41, 5.74) is 3.04. The predicted molar refractivity (Wildman–Crippen MR) is 115 cm³/mol. The highest BCUT2D eigenvalue weighted by molar-refractivity contribution is 6.35. The Balaban J connectivity index is 1.52. The van der Waals surface area contributed by atoms with Crippen molar-refractivity contribution in [2.75, 3.05) is 19.0 Å². The van der Waals surface area contributed by atoms with Crippen LogP contribution in [0.5, 0.6) is 11.5 Å². The maximum absolute atomic E-state index is 13.2. The van der Waals surface area contributed by atoms with Gasteiger partial charge >= 0.3 is 11.8 Å². The number of ether oxygens (including phenoxy) is 2. The largest absolute Gasteiger partial charge is 0.493 e. The third kappa shape index (κ3) is 6.67. The Hall–Kier alpha value is -3.66. The first-order valence-corrected chi connectivity index (χ1v) is 9.93. The molecule has 1 aliphatic carbocycles. The number of hydrogen-bond donors (Lipinski definition) is 3. The van der Waals surface area contributed by atoms with Crippen LogP contribution in [0, 0.1) is 5.82 Å². The molecule has 0 aliphatic heterocycles. The molecule has 32 heavy (non-hydrogen) atoms. The zero-order chi connectivity index (χ0) is 23.1. The number of nitrogens with zero attached hydrogens (tertiary/aromatic N) is 1. The fourth-order valence-electron chi connectivity index (χ4n) is 2.49. The molecule has 0 aromatic heterocycles. The van der Waals surface area contributed by atoms with Crippen LogP contribution in [0.2, 0.25) is 5.02 Å². The van der Waals surface area contributed by atoms with E-state index in [4.69, 9.17) is 21.1 Å². The van der Waals surface area contributed by atoms with Gasteiger partial charge in [-0.15, -0.1) is 0 Å². The molecule has 0 radical (unpaired) electrons. The van der Waals surface area contributed by atoms with E-state index < -0.39 is 23.5 Å². The molecule has 1 fully saturated rings. The zero-order valence-corrected chi connectivity index (χ0v) is 17.7. The van der Waals surface area contributed by atoms with E-state index >= 15 is 0 Å². The van der Waals surface area contributed by atoms with Crippen LogP contribution in [0.4, 0.5) is 10.1 Å². The minimum atomic E-state index is -0.853. The lowest BCUT2D eigenvalue weighted by Crippen LogP contribution is -2.38. The molecule has 0 atom stereocenters. The number of benzene rings is 2. The predicted octanol–water partition coefficient (Wildman–Crippen LogP) is 2.23. The van der Waals surface area contributed by atoms with Crippen LogP contribution < -0.4 is 25.5 Å². The number of carbonyl (C=O) groups excluding carboxylic acids is 3. The van der Waals surface area contributed by atoms with Gasteiger partial charge in [-0.05, 0) is 54.8 Å². The van der Waals surface area contributed by atoms with Gasteiger partial charge in [0, 0.05) is 11.7 Å². The lowest BCUT2D eigenvalue weighted by atomic mass is 10.2. The lowest BCUT2D eigenvalue weighted by Gasteiger charge is -2.11. The van der Waals surface area contributed by atoms with Crippen molar-refractivity contribution in [3.8, 4) is 11.5 Å². The topological polar surface area (TPSA) is 118 Å². The van der Waals surface area contributed by atoms with Crippen molar-refractivity contribution in [1.29, 1.82) is 0 Å². The summed E-state index contributed by atoms with van der Waals surface area (Å²) in [5.74, 6) is -2.03. The van der Waals surface area contributed by atoms with Crippen LogP contribution in [0.15, 0.2) is 41.5 Å². The van der Waals surface area contributed by atoms with Crippen molar-refractivity contribution in [1.82, 2.24) is 10.7 Å². The Labute approximate surface area is 187 Å². The summed E-state index contributed by atoms with van der Waals surface area (Å²) < 4.78 is 23.9. The van der Waals surface area contributed by atoms with Crippen LogP contribution in [-0.4, -0.2) is 43.7 Å². The van der Waals surface area contributed by atoms with Crippen LogP contribution in [0.3, 0.4) is 0 Å². The Kier molecular flexibility index (Phi) is 7.61. The van der Waals surface area contributed by atoms with Crippen molar-refractivity contribution in [2.24, 2.45) is 5.10 Å². The van der Waals surface area contributed by atoms with E-state index in [1.165, 1.54) is 25.5 Å². The number of methoxy groups -OCH3 is 1. The van der Waals surface area contributed by atoms with Crippen molar-refractivity contribution < 1.29 is 28.2 Å². The van der Waals surface area contributed by atoms with Crippen LogP contribution in [-0.2, 0) is 14.4 Å². The quantitative estimate of drug-likeness (QED) is 0.316. The molecule has 0 heterocycles. The Morgan fingerprint density at radius 3 is 2.62 bits per heavy atom. The molecule has 1 saturated carbocycles. The first kappa shape index (κ1) is 23.0. The molecule has 3 amide bonds. The number of rotatable bonds is 8. The minimum Gasteiger partial charge on any atom is -0.493 e. The molecule has 3 N–H and O–H groups in total. The van der Waals surface area contributed by atoms with Gasteiger partial charge in [0.05, 0.1) is 18.3 Å². The fourth-order valence-corrected chi connectivity index (χ4v) is 2.67. The van der Waals surface area contributed by atoms with Crippen LogP contribution >= 0.6 is 11.6 Å². The van der Waals surface area contributed by atoms with Gasteiger partial charge in [-0.1, -0.05) is 11.6 Å². The van der Waals surface area contributed by atoms with Crippen molar-refractivity contribution >= 4 is 41.2 Å². The Bertz CT molecular complexity index is 1060. The van der Waals surface area contributed by atoms with Crippen LogP contribution in [0.1, 0.15) is 18.4 Å². The lowest BCUT2D eigenvalue weighted by molar-refractivity contribution is -0.139. The third-order valence-corrected chi connectivity index (χ3v) is 4.54. The van der Waals surface area contributed by atoms with E-state index in [9.17, 15) is 18.8 Å². The van der Waals surface area contributed by atoms with Gasteiger partial charge in [-0.3, -0.25) is 14.4 Å². The second-order valence-corrected chi connectivity index (χ2v) is 7.23. The molecular formula is C21H20ClFN4O5. The smallest absolute Gasteiger partial charge is 0.329 e. The fraction of sp³-hybridized carbons (Fsp3) is 0.238. The molecule has 2 aromatic rings. The van der Waals surface area contributed by atoms with Gasteiger partial charge < -0.3 is 20.1 Å².